The van der Waals surface area contributed by atoms with Crippen LogP contribution in [0.1, 0.15) is 18.4 Å². The predicted molar refractivity (Wildman–Crippen MR) is 104 cm³/mol. The molecule has 142 valence electrons. The average molecular weight is 369 g/mol. The molecule has 1 aromatic carbocycles. The Labute approximate surface area is 155 Å². The fourth-order valence-corrected chi connectivity index (χ4v) is 3.73. The third kappa shape index (κ3) is 2.76. The average Bonchev–Trinajstić information content (AvgIpc) is 3.06. The zero-order chi connectivity index (χ0) is 19.1. The highest BCUT2D eigenvalue weighted by Gasteiger charge is 2.26. The first kappa shape index (κ1) is 17.5. The molecule has 3 heterocycles. The number of hydrogen-bond donors (Lipinski definition) is 1. The lowest BCUT2D eigenvalue weighted by Gasteiger charge is -2.29. The maximum Gasteiger partial charge on any atom is 0.332 e. The number of aliphatic hydroxyl groups excluding tert-OH is 1. The van der Waals surface area contributed by atoms with Crippen molar-refractivity contribution >= 4 is 22.8 Å². The molecule has 3 aromatic rings. The summed E-state index contributed by atoms with van der Waals surface area (Å²) in [6.45, 7) is 3.65. The zero-order valence-corrected chi connectivity index (χ0v) is 15.6. The third-order valence-electron chi connectivity index (χ3n) is 5.07. The molecule has 1 N–H and O–H groups in total. The van der Waals surface area contributed by atoms with E-state index in [9.17, 15) is 9.59 Å². The van der Waals surface area contributed by atoms with Crippen LogP contribution in [0.3, 0.4) is 0 Å². The normalized spacial score (nSPS) is 14.0. The highest BCUT2D eigenvalue weighted by Crippen LogP contribution is 2.31. The van der Waals surface area contributed by atoms with Gasteiger partial charge < -0.3 is 14.6 Å². The van der Waals surface area contributed by atoms with Crippen molar-refractivity contribution in [1.82, 2.24) is 18.7 Å². The van der Waals surface area contributed by atoms with Crippen LogP contribution >= 0.6 is 0 Å². The van der Waals surface area contributed by atoms with Crippen molar-refractivity contribution in [3.8, 4) is 0 Å². The summed E-state index contributed by atoms with van der Waals surface area (Å²) in [6.07, 6.45) is 1.24. The number of rotatable bonds is 4. The van der Waals surface area contributed by atoms with E-state index in [1.54, 1.807) is 7.05 Å². The summed E-state index contributed by atoms with van der Waals surface area (Å²) in [5.41, 5.74) is 2.28. The van der Waals surface area contributed by atoms with Gasteiger partial charge in [0.05, 0.1) is 0 Å². The van der Waals surface area contributed by atoms with Gasteiger partial charge in [-0.3, -0.25) is 13.9 Å². The molecule has 0 unspecified atom stereocenters. The Morgan fingerprint density at radius 2 is 2.04 bits per heavy atom. The first-order valence-electron chi connectivity index (χ1n) is 9.18. The molecule has 0 amide bonds. The Hall–Kier alpha value is -2.87. The molecule has 2 aromatic heterocycles. The van der Waals surface area contributed by atoms with Crippen LogP contribution in [0.25, 0.3) is 11.2 Å². The fourth-order valence-electron chi connectivity index (χ4n) is 3.73. The number of fused-ring (bicyclic) bond motifs is 3. The van der Waals surface area contributed by atoms with Gasteiger partial charge in [0.1, 0.15) is 0 Å². The van der Waals surface area contributed by atoms with Gasteiger partial charge in [0, 0.05) is 39.0 Å². The van der Waals surface area contributed by atoms with Crippen molar-refractivity contribution < 1.29 is 5.11 Å². The van der Waals surface area contributed by atoms with E-state index >= 15 is 0 Å². The molecular weight excluding hydrogens is 346 g/mol. The van der Waals surface area contributed by atoms with Gasteiger partial charge in [-0.2, -0.15) is 4.98 Å². The topological polar surface area (TPSA) is 85.3 Å². The number of nitrogens with zero attached hydrogens (tertiary/aromatic N) is 5. The first-order chi connectivity index (χ1) is 13.0. The van der Waals surface area contributed by atoms with Gasteiger partial charge in [-0.1, -0.05) is 12.1 Å². The molecule has 27 heavy (non-hydrogen) atoms. The van der Waals surface area contributed by atoms with E-state index < -0.39 is 5.69 Å². The molecule has 0 radical (unpaired) electrons. The van der Waals surface area contributed by atoms with Crippen molar-refractivity contribution in [3.63, 3.8) is 0 Å². The lowest BCUT2D eigenvalue weighted by Crippen LogP contribution is -2.40. The highest BCUT2D eigenvalue weighted by molar-refractivity contribution is 5.77. The van der Waals surface area contributed by atoms with Gasteiger partial charge in [0.15, 0.2) is 11.2 Å². The number of aliphatic hydroxyl groups is 1. The standard InChI is InChI=1S/C19H23N5O3/c1-13-6-3-7-14(12-13)22-8-4-9-23-15-16(20-18(22)23)21(2)19(27)24(17(15)26)10-5-11-25/h3,6-7,12,25H,4-5,8-11H2,1-2H3. The quantitative estimate of drug-likeness (QED) is 0.745. The molecule has 0 fully saturated rings. The summed E-state index contributed by atoms with van der Waals surface area (Å²) in [6, 6.07) is 8.16. The smallest absolute Gasteiger partial charge is 0.332 e. The van der Waals surface area contributed by atoms with E-state index in [-0.39, 0.29) is 18.7 Å². The largest absolute Gasteiger partial charge is 0.396 e. The van der Waals surface area contributed by atoms with Crippen LogP contribution in [0.4, 0.5) is 11.6 Å². The number of hydrogen-bond acceptors (Lipinski definition) is 5. The Morgan fingerprint density at radius 1 is 1.22 bits per heavy atom. The van der Waals surface area contributed by atoms with E-state index in [2.05, 4.69) is 16.0 Å². The summed E-state index contributed by atoms with van der Waals surface area (Å²) < 4.78 is 4.53. The molecule has 1 aliphatic heterocycles. The molecular formula is C19H23N5O3. The van der Waals surface area contributed by atoms with Crippen LogP contribution in [0, 0.1) is 6.92 Å². The Balaban J connectivity index is 1.95. The maximum atomic E-state index is 13.0. The molecule has 0 saturated heterocycles. The van der Waals surface area contributed by atoms with Gasteiger partial charge in [0.25, 0.3) is 5.56 Å². The Kier molecular flexibility index (Phi) is 4.35. The van der Waals surface area contributed by atoms with E-state index in [4.69, 9.17) is 5.11 Å². The van der Waals surface area contributed by atoms with Gasteiger partial charge >= 0.3 is 5.69 Å². The van der Waals surface area contributed by atoms with Crippen LogP contribution in [-0.2, 0) is 20.1 Å². The van der Waals surface area contributed by atoms with Gasteiger partial charge in [-0.25, -0.2) is 4.79 Å². The van der Waals surface area contributed by atoms with Gasteiger partial charge in [-0.05, 0) is 37.5 Å². The number of aryl methyl sites for hydroxylation is 3. The van der Waals surface area contributed by atoms with Crippen molar-refractivity contribution in [1.29, 1.82) is 0 Å². The molecule has 0 aliphatic carbocycles. The summed E-state index contributed by atoms with van der Waals surface area (Å²) in [5, 5.41) is 9.08. The number of benzene rings is 1. The second-order valence-electron chi connectivity index (χ2n) is 6.96. The number of anilines is 2. The van der Waals surface area contributed by atoms with E-state index in [1.807, 2.05) is 29.7 Å². The Bertz CT molecular complexity index is 1120. The number of imidazole rings is 1. The SMILES string of the molecule is Cc1cccc(N2CCCn3c2nc2c3c(=O)n(CCCO)c(=O)n2C)c1. The Morgan fingerprint density at radius 3 is 2.78 bits per heavy atom. The molecule has 0 atom stereocenters. The maximum absolute atomic E-state index is 13.0. The van der Waals surface area contributed by atoms with Gasteiger partial charge in [0.2, 0.25) is 5.95 Å². The lowest BCUT2D eigenvalue weighted by molar-refractivity contribution is 0.277. The van der Waals surface area contributed by atoms with E-state index in [1.165, 1.54) is 9.13 Å². The molecule has 1 aliphatic rings. The highest BCUT2D eigenvalue weighted by atomic mass is 16.3. The van der Waals surface area contributed by atoms with Crippen LogP contribution in [0.15, 0.2) is 33.9 Å². The summed E-state index contributed by atoms with van der Waals surface area (Å²) in [5.74, 6) is 0.689. The third-order valence-corrected chi connectivity index (χ3v) is 5.07. The minimum Gasteiger partial charge on any atom is -0.396 e. The summed E-state index contributed by atoms with van der Waals surface area (Å²) >= 11 is 0. The zero-order valence-electron chi connectivity index (χ0n) is 15.6. The molecule has 0 spiro atoms. The van der Waals surface area contributed by atoms with Crippen LogP contribution < -0.4 is 16.1 Å². The fraction of sp³-hybridized carbons (Fsp3) is 0.421. The van der Waals surface area contributed by atoms with Crippen molar-refractivity contribution in [3.05, 3.63) is 50.7 Å². The van der Waals surface area contributed by atoms with E-state index in [0.29, 0.717) is 30.1 Å². The molecule has 8 nitrogen and oxygen atoms in total. The second-order valence-corrected chi connectivity index (χ2v) is 6.96. The predicted octanol–water partition coefficient (Wildman–Crippen LogP) is 1.13. The van der Waals surface area contributed by atoms with Crippen molar-refractivity contribution in [2.75, 3.05) is 18.1 Å². The van der Waals surface area contributed by atoms with Gasteiger partial charge in [-0.15, -0.1) is 0 Å². The van der Waals surface area contributed by atoms with Crippen LogP contribution in [-0.4, -0.2) is 36.9 Å². The molecule has 8 heteroatoms. The molecule has 4 rings (SSSR count). The first-order valence-corrected chi connectivity index (χ1v) is 9.18. The van der Waals surface area contributed by atoms with Crippen LogP contribution in [0.2, 0.25) is 0 Å². The molecule has 0 bridgehead atoms. The number of aromatic nitrogens is 4. The molecule has 0 saturated carbocycles. The lowest BCUT2D eigenvalue weighted by atomic mass is 10.2. The summed E-state index contributed by atoms with van der Waals surface area (Å²) in [4.78, 5) is 32.4. The minimum absolute atomic E-state index is 0.0702. The van der Waals surface area contributed by atoms with E-state index in [0.717, 1.165) is 24.2 Å². The van der Waals surface area contributed by atoms with Crippen molar-refractivity contribution in [2.24, 2.45) is 7.05 Å². The summed E-state index contributed by atoms with van der Waals surface area (Å²) in [7, 11) is 1.63. The van der Waals surface area contributed by atoms with Crippen molar-refractivity contribution in [2.45, 2.75) is 32.9 Å². The van der Waals surface area contributed by atoms with Crippen LogP contribution in [0.5, 0.6) is 0 Å². The second kappa shape index (κ2) is 6.70. The monoisotopic (exact) mass is 369 g/mol. The minimum atomic E-state index is -0.404.